The average Bonchev–Trinajstić information content (AvgIpc) is 2.69. The molecule has 3 rings (SSSR count). The molecule has 1 aliphatic heterocycles. The van der Waals surface area contributed by atoms with Crippen molar-refractivity contribution in [1.82, 2.24) is 0 Å². The van der Waals surface area contributed by atoms with Crippen LogP contribution < -0.4 is 14.5 Å². The van der Waals surface area contributed by atoms with Crippen LogP contribution in [-0.4, -0.2) is 44.8 Å². The Morgan fingerprint density at radius 2 is 1.85 bits per heavy atom. The minimum absolute atomic E-state index is 0.153. The fourth-order valence-electron chi connectivity index (χ4n) is 3.31. The van der Waals surface area contributed by atoms with Crippen molar-refractivity contribution < 1.29 is 14.6 Å². The molecule has 2 aromatic carbocycles. The molecule has 0 amide bonds. The number of hydrogen-bond donors (Lipinski definition) is 1. The van der Waals surface area contributed by atoms with E-state index in [9.17, 15) is 10.1 Å². The van der Waals surface area contributed by atoms with Crippen LogP contribution in [0.5, 0.6) is 5.75 Å². The summed E-state index contributed by atoms with van der Waals surface area (Å²) in [6, 6.07) is 14.9. The molecule has 136 valence electrons. The molecule has 2 aromatic rings. The van der Waals surface area contributed by atoms with Gasteiger partial charge in [-0.15, -0.1) is 0 Å². The number of nitro benzene ring substituents is 1. The zero-order valence-corrected chi connectivity index (χ0v) is 14.9. The summed E-state index contributed by atoms with van der Waals surface area (Å²) in [4.78, 5) is 14.6. The number of benzene rings is 2. The van der Waals surface area contributed by atoms with Crippen LogP contribution in [0.1, 0.15) is 5.56 Å². The van der Waals surface area contributed by atoms with Crippen molar-refractivity contribution in [3.8, 4) is 5.75 Å². The van der Waals surface area contributed by atoms with E-state index in [-0.39, 0.29) is 10.6 Å². The summed E-state index contributed by atoms with van der Waals surface area (Å²) in [6.07, 6.45) is 3.90. The zero-order chi connectivity index (χ0) is 18.4. The first-order valence-electron chi connectivity index (χ1n) is 8.80. The number of rotatable bonds is 6. The second-order valence-corrected chi connectivity index (χ2v) is 6.33. The first kappa shape index (κ1) is 17.9. The number of methoxy groups -OCH3 is 1. The Balaban J connectivity index is 1.56. The molecular weight excluding hydrogens is 330 g/mol. The number of anilines is 1. The third kappa shape index (κ3) is 4.21. The van der Waals surface area contributed by atoms with Gasteiger partial charge in [-0.2, -0.15) is 0 Å². The highest BCUT2D eigenvalue weighted by molar-refractivity contribution is 5.60. The van der Waals surface area contributed by atoms with Gasteiger partial charge in [0.2, 0.25) is 0 Å². The fraction of sp³-hybridized carbons (Fsp3) is 0.300. The predicted molar refractivity (Wildman–Crippen MR) is 103 cm³/mol. The van der Waals surface area contributed by atoms with Gasteiger partial charge in [0, 0.05) is 6.07 Å². The summed E-state index contributed by atoms with van der Waals surface area (Å²) in [7, 11) is 1.70. The van der Waals surface area contributed by atoms with Crippen molar-refractivity contribution in [3.05, 3.63) is 70.3 Å². The minimum atomic E-state index is -0.335. The molecule has 0 unspecified atom stereocenters. The van der Waals surface area contributed by atoms with E-state index in [1.165, 1.54) is 4.90 Å². The molecule has 1 aliphatic rings. The van der Waals surface area contributed by atoms with Crippen molar-refractivity contribution in [1.29, 1.82) is 0 Å². The van der Waals surface area contributed by atoms with Crippen LogP contribution in [0.3, 0.4) is 0 Å². The van der Waals surface area contributed by atoms with Crippen LogP contribution >= 0.6 is 0 Å². The van der Waals surface area contributed by atoms with Gasteiger partial charge in [-0.3, -0.25) is 10.1 Å². The van der Waals surface area contributed by atoms with Gasteiger partial charge in [-0.05, 0) is 30.4 Å². The second-order valence-electron chi connectivity index (χ2n) is 6.33. The smallest absolute Gasteiger partial charge is 0.276 e. The van der Waals surface area contributed by atoms with Crippen molar-refractivity contribution in [3.63, 3.8) is 0 Å². The Kier molecular flexibility index (Phi) is 5.86. The maximum absolute atomic E-state index is 11.1. The fourth-order valence-corrected chi connectivity index (χ4v) is 3.31. The van der Waals surface area contributed by atoms with Crippen molar-refractivity contribution in [2.24, 2.45) is 0 Å². The third-order valence-corrected chi connectivity index (χ3v) is 4.73. The molecule has 1 heterocycles. The molecule has 1 saturated heterocycles. The van der Waals surface area contributed by atoms with E-state index in [1.54, 1.807) is 25.3 Å². The number of nitrogens with one attached hydrogen (secondary N) is 1. The lowest BCUT2D eigenvalue weighted by atomic mass is 10.1. The highest BCUT2D eigenvalue weighted by Gasteiger charge is 2.21. The van der Waals surface area contributed by atoms with Crippen LogP contribution in [0, 0.1) is 10.1 Å². The van der Waals surface area contributed by atoms with E-state index in [2.05, 4.69) is 11.0 Å². The molecule has 1 fully saturated rings. The quantitative estimate of drug-likeness (QED) is 0.637. The largest absolute Gasteiger partial charge is 0.495 e. The summed E-state index contributed by atoms with van der Waals surface area (Å²) < 4.78 is 5.46. The van der Waals surface area contributed by atoms with Crippen LogP contribution in [0.2, 0.25) is 0 Å². The number of hydrogen-bond acceptors (Lipinski definition) is 4. The Morgan fingerprint density at radius 3 is 2.58 bits per heavy atom. The molecule has 0 aliphatic carbocycles. The lowest BCUT2D eigenvalue weighted by molar-refractivity contribution is -0.894. The molecule has 6 nitrogen and oxygen atoms in total. The van der Waals surface area contributed by atoms with E-state index in [0.29, 0.717) is 5.56 Å². The van der Waals surface area contributed by atoms with Gasteiger partial charge < -0.3 is 14.5 Å². The van der Waals surface area contributed by atoms with Gasteiger partial charge in [0.1, 0.15) is 5.75 Å². The van der Waals surface area contributed by atoms with Gasteiger partial charge >= 0.3 is 0 Å². The highest BCUT2D eigenvalue weighted by Crippen LogP contribution is 2.27. The minimum Gasteiger partial charge on any atom is -0.495 e. The zero-order valence-electron chi connectivity index (χ0n) is 14.9. The maximum atomic E-state index is 11.1. The van der Waals surface area contributed by atoms with E-state index in [4.69, 9.17) is 4.74 Å². The summed E-state index contributed by atoms with van der Waals surface area (Å²) in [5, 5.41) is 11.1. The predicted octanol–water partition coefficient (Wildman–Crippen LogP) is 2.02. The number of ether oxygens (including phenoxy) is 1. The van der Waals surface area contributed by atoms with Gasteiger partial charge in [0.15, 0.2) is 0 Å². The SMILES string of the molecule is COc1ccccc1N1CC[NH+](CC=Cc2ccccc2[N+](=O)[O-])CC1. The van der Waals surface area contributed by atoms with Crippen molar-refractivity contribution >= 4 is 17.5 Å². The molecule has 0 bridgehead atoms. The summed E-state index contributed by atoms with van der Waals surface area (Å²) in [5.74, 6) is 0.909. The summed E-state index contributed by atoms with van der Waals surface area (Å²) in [6.45, 7) is 4.86. The Hall–Kier alpha value is -2.86. The molecule has 0 atom stereocenters. The monoisotopic (exact) mass is 354 g/mol. The highest BCUT2D eigenvalue weighted by atomic mass is 16.6. The molecule has 0 spiro atoms. The molecule has 6 heteroatoms. The van der Waals surface area contributed by atoms with E-state index in [0.717, 1.165) is 44.2 Å². The van der Waals surface area contributed by atoms with Crippen LogP contribution in [0.25, 0.3) is 6.08 Å². The molecule has 0 aromatic heterocycles. The topological polar surface area (TPSA) is 60.0 Å². The lowest BCUT2D eigenvalue weighted by Gasteiger charge is -2.33. The molecule has 0 saturated carbocycles. The van der Waals surface area contributed by atoms with Crippen LogP contribution in [-0.2, 0) is 0 Å². The Morgan fingerprint density at radius 1 is 1.15 bits per heavy atom. The van der Waals surface area contributed by atoms with Crippen LogP contribution in [0.4, 0.5) is 11.4 Å². The molecular formula is C20H24N3O3+. The second kappa shape index (κ2) is 8.49. The lowest BCUT2D eigenvalue weighted by Crippen LogP contribution is -3.14. The van der Waals surface area contributed by atoms with Gasteiger partial charge in [-0.25, -0.2) is 0 Å². The van der Waals surface area contributed by atoms with E-state index in [1.807, 2.05) is 36.4 Å². The van der Waals surface area contributed by atoms with Crippen molar-refractivity contribution in [2.45, 2.75) is 0 Å². The molecule has 1 N–H and O–H groups in total. The molecule has 0 radical (unpaired) electrons. The first-order chi connectivity index (χ1) is 12.7. The number of piperazine rings is 1. The van der Waals surface area contributed by atoms with Gasteiger partial charge in [0.05, 0.1) is 56.0 Å². The molecule has 26 heavy (non-hydrogen) atoms. The van der Waals surface area contributed by atoms with Crippen molar-refractivity contribution in [2.75, 3.05) is 44.7 Å². The standard InChI is InChI=1S/C20H23N3O3/c1-26-20-11-5-4-10-19(20)22-15-13-21(14-16-22)12-6-8-17-7-2-3-9-18(17)23(24)25/h2-11H,12-16H2,1H3/p+1. The Bertz CT molecular complexity index is 783. The normalized spacial score (nSPS) is 15.3. The average molecular weight is 354 g/mol. The first-order valence-corrected chi connectivity index (χ1v) is 8.80. The third-order valence-electron chi connectivity index (χ3n) is 4.73. The van der Waals surface area contributed by atoms with E-state index >= 15 is 0 Å². The Labute approximate surface area is 153 Å². The number of nitrogens with zero attached hydrogens (tertiary/aromatic N) is 2. The summed E-state index contributed by atoms with van der Waals surface area (Å²) >= 11 is 0. The maximum Gasteiger partial charge on any atom is 0.276 e. The van der Waals surface area contributed by atoms with Crippen LogP contribution in [0.15, 0.2) is 54.6 Å². The van der Waals surface area contributed by atoms with Gasteiger partial charge in [0.25, 0.3) is 5.69 Å². The number of nitro groups is 1. The summed E-state index contributed by atoms with van der Waals surface area (Å²) in [5.41, 5.74) is 1.95. The number of quaternary nitrogens is 1. The van der Waals surface area contributed by atoms with E-state index < -0.39 is 0 Å². The van der Waals surface area contributed by atoms with Gasteiger partial charge in [-0.1, -0.05) is 24.3 Å². The number of para-hydroxylation sites is 3.